The van der Waals surface area contributed by atoms with E-state index in [0.717, 1.165) is 38.3 Å². The van der Waals surface area contributed by atoms with Crippen molar-refractivity contribution in [2.45, 2.75) is 78.4 Å². The zero-order valence-electron chi connectivity index (χ0n) is 18.9. The molecule has 0 aromatic rings. The van der Waals surface area contributed by atoms with Crippen LogP contribution in [0.3, 0.4) is 0 Å². The maximum Gasteiger partial charge on any atom is 0.407 e. The molecule has 0 bridgehead atoms. The molecule has 1 saturated heterocycles. The number of hydrogen-bond donors (Lipinski definition) is 3. The Bertz CT molecular complexity index is 476. The lowest BCUT2D eigenvalue weighted by Gasteiger charge is -2.24. The number of likely N-dealkylation sites (tertiary alicyclic amines) is 1. The number of aliphatic imine (C=N–C) groups is 1. The molecule has 1 fully saturated rings. The molecule has 1 heterocycles. The zero-order chi connectivity index (χ0) is 21.0. The van der Waals surface area contributed by atoms with Gasteiger partial charge in [-0.2, -0.15) is 0 Å². The van der Waals surface area contributed by atoms with Gasteiger partial charge in [-0.05, 0) is 59.0 Å². The molecule has 2 atom stereocenters. The van der Waals surface area contributed by atoms with Crippen molar-refractivity contribution < 1.29 is 9.53 Å². The summed E-state index contributed by atoms with van der Waals surface area (Å²) in [6.07, 6.45) is 5.27. The molecule has 0 spiro atoms. The predicted molar refractivity (Wildman–Crippen MR) is 117 cm³/mol. The van der Waals surface area contributed by atoms with Gasteiger partial charge in [0.2, 0.25) is 0 Å². The molecule has 1 aliphatic rings. The van der Waals surface area contributed by atoms with E-state index in [0.29, 0.717) is 12.5 Å². The Morgan fingerprint density at radius 2 is 2.00 bits per heavy atom. The summed E-state index contributed by atoms with van der Waals surface area (Å²) in [7, 11) is 1.80. The summed E-state index contributed by atoms with van der Waals surface area (Å²) in [4.78, 5) is 18.9. The number of carbonyl (C=O) groups excluding carboxylic acids is 1. The number of ether oxygens (including phenoxy) is 1. The molecule has 164 valence electrons. The number of nitrogens with one attached hydrogen (secondary N) is 3. The van der Waals surface area contributed by atoms with E-state index in [2.05, 4.69) is 39.7 Å². The minimum Gasteiger partial charge on any atom is -0.444 e. The van der Waals surface area contributed by atoms with Gasteiger partial charge in [-0.1, -0.05) is 26.7 Å². The monoisotopic (exact) mass is 397 g/mol. The molecule has 28 heavy (non-hydrogen) atoms. The SMILES string of the molecule is CCCCC(CNC(=O)OC(C)(C)C)NC(=NC)NCC1CCN(CCC)C1. The summed E-state index contributed by atoms with van der Waals surface area (Å²) in [5.41, 5.74) is -0.485. The molecular formula is C21H43N5O2. The molecule has 0 saturated carbocycles. The number of guanidine groups is 1. The molecule has 0 aliphatic carbocycles. The first kappa shape index (κ1) is 24.5. The molecule has 7 nitrogen and oxygen atoms in total. The number of unbranched alkanes of at least 4 members (excludes halogenated alkanes) is 1. The third kappa shape index (κ3) is 10.7. The minimum atomic E-state index is -0.485. The molecule has 0 radical (unpaired) electrons. The number of carbonyl (C=O) groups is 1. The smallest absolute Gasteiger partial charge is 0.407 e. The number of hydrogen-bond acceptors (Lipinski definition) is 4. The van der Waals surface area contributed by atoms with Crippen LogP contribution in [-0.4, -0.2) is 68.4 Å². The number of alkyl carbamates (subject to hydrolysis) is 1. The Labute approximate surface area is 172 Å². The van der Waals surface area contributed by atoms with Gasteiger partial charge in [0.05, 0.1) is 0 Å². The van der Waals surface area contributed by atoms with Crippen LogP contribution in [0.2, 0.25) is 0 Å². The fraction of sp³-hybridized carbons (Fsp3) is 0.905. The number of amides is 1. The molecule has 1 amide bonds. The Hall–Kier alpha value is -1.50. The lowest BCUT2D eigenvalue weighted by molar-refractivity contribution is 0.0523. The summed E-state index contributed by atoms with van der Waals surface area (Å²) >= 11 is 0. The van der Waals surface area contributed by atoms with Gasteiger partial charge < -0.3 is 25.6 Å². The lowest BCUT2D eigenvalue weighted by Crippen LogP contribution is -2.49. The topological polar surface area (TPSA) is 78.0 Å². The van der Waals surface area contributed by atoms with E-state index >= 15 is 0 Å². The largest absolute Gasteiger partial charge is 0.444 e. The molecular weight excluding hydrogens is 354 g/mol. The van der Waals surface area contributed by atoms with Crippen molar-refractivity contribution in [1.82, 2.24) is 20.9 Å². The van der Waals surface area contributed by atoms with Gasteiger partial charge in [-0.25, -0.2) is 4.79 Å². The van der Waals surface area contributed by atoms with E-state index < -0.39 is 5.60 Å². The molecule has 7 heteroatoms. The predicted octanol–water partition coefficient (Wildman–Crippen LogP) is 2.97. The third-order valence-electron chi connectivity index (χ3n) is 4.83. The Morgan fingerprint density at radius 1 is 1.25 bits per heavy atom. The summed E-state index contributed by atoms with van der Waals surface area (Å²) in [6, 6.07) is 0.124. The normalized spacial score (nSPS) is 19.4. The van der Waals surface area contributed by atoms with E-state index in [1.807, 2.05) is 20.8 Å². The average Bonchev–Trinajstić information content (AvgIpc) is 3.06. The highest BCUT2D eigenvalue weighted by Crippen LogP contribution is 2.15. The first-order valence-electron chi connectivity index (χ1n) is 10.9. The van der Waals surface area contributed by atoms with E-state index in [1.54, 1.807) is 7.05 Å². The Balaban J connectivity index is 2.45. The minimum absolute atomic E-state index is 0.124. The van der Waals surface area contributed by atoms with Gasteiger partial charge >= 0.3 is 6.09 Å². The van der Waals surface area contributed by atoms with Crippen LogP contribution < -0.4 is 16.0 Å². The van der Waals surface area contributed by atoms with Crippen LogP contribution in [-0.2, 0) is 4.74 Å². The van der Waals surface area contributed by atoms with Gasteiger partial charge in [0, 0.05) is 32.7 Å². The number of rotatable bonds is 10. The quantitative estimate of drug-likeness (QED) is 0.390. The average molecular weight is 398 g/mol. The van der Waals surface area contributed by atoms with Crippen LogP contribution in [0.15, 0.2) is 4.99 Å². The molecule has 2 unspecified atom stereocenters. The summed E-state index contributed by atoms with van der Waals surface area (Å²) in [6.45, 7) is 15.0. The summed E-state index contributed by atoms with van der Waals surface area (Å²) in [5.74, 6) is 1.47. The zero-order valence-corrected chi connectivity index (χ0v) is 18.9. The second-order valence-corrected chi connectivity index (χ2v) is 8.77. The second kappa shape index (κ2) is 12.9. The number of nitrogens with zero attached hydrogens (tertiary/aromatic N) is 2. The van der Waals surface area contributed by atoms with Crippen LogP contribution in [0.1, 0.15) is 66.7 Å². The first-order valence-corrected chi connectivity index (χ1v) is 10.9. The van der Waals surface area contributed by atoms with Crippen molar-refractivity contribution >= 4 is 12.1 Å². The molecule has 0 aromatic heterocycles. The highest BCUT2D eigenvalue weighted by molar-refractivity contribution is 5.80. The third-order valence-corrected chi connectivity index (χ3v) is 4.83. The molecule has 0 aromatic carbocycles. The van der Waals surface area contributed by atoms with Crippen LogP contribution in [0.4, 0.5) is 4.79 Å². The maximum absolute atomic E-state index is 12.0. The van der Waals surface area contributed by atoms with Crippen molar-refractivity contribution in [3.8, 4) is 0 Å². The van der Waals surface area contributed by atoms with Gasteiger partial charge in [0.1, 0.15) is 5.60 Å². The van der Waals surface area contributed by atoms with Gasteiger partial charge in [-0.3, -0.25) is 4.99 Å². The van der Waals surface area contributed by atoms with Gasteiger partial charge in [0.15, 0.2) is 5.96 Å². The van der Waals surface area contributed by atoms with Gasteiger partial charge in [0.25, 0.3) is 0 Å². The van der Waals surface area contributed by atoms with Crippen LogP contribution in [0.5, 0.6) is 0 Å². The second-order valence-electron chi connectivity index (χ2n) is 8.77. The van der Waals surface area contributed by atoms with E-state index in [4.69, 9.17) is 4.74 Å². The Morgan fingerprint density at radius 3 is 2.61 bits per heavy atom. The highest BCUT2D eigenvalue weighted by Gasteiger charge is 2.22. The fourth-order valence-electron chi connectivity index (χ4n) is 3.42. The molecule has 3 N–H and O–H groups in total. The van der Waals surface area contributed by atoms with Crippen LogP contribution in [0, 0.1) is 5.92 Å². The van der Waals surface area contributed by atoms with E-state index in [-0.39, 0.29) is 12.1 Å². The lowest BCUT2D eigenvalue weighted by atomic mass is 10.1. The fourth-order valence-corrected chi connectivity index (χ4v) is 3.42. The summed E-state index contributed by atoms with van der Waals surface area (Å²) in [5, 5.41) is 9.83. The van der Waals surface area contributed by atoms with Crippen LogP contribution >= 0.6 is 0 Å². The Kier molecular flexibility index (Phi) is 11.3. The highest BCUT2D eigenvalue weighted by atomic mass is 16.6. The standard InChI is InChI=1S/C21H43N5O2/c1-7-9-10-18(15-24-20(27)28-21(3,4)5)25-19(22-6)23-14-17-11-13-26(16-17)12-8-2/h17-18H,7-16H2,1-6H3,(H,24,27)(H2,22,23,25). The maximum atomic E-state index is 12.0. The van der Waals surface area contributed by atoms with Crippen LogP contribution in [0.25, 0.3) is 0 Å². The first-order chi connectivity index (χ1) is 13.3. The van der Waals surface area contributed by atoms with E-state index in [1.165, 1.54) is 25.9 Å². The van der Waals surface area contributed by atoms with Gasteiger partial charge in [-0.15, -0.1) is 0 Å². The summed E-state index contributed by atoms with van der Waals surface area (Å²) < 4.78 is 5.34. The van der Waals surface area contributed by atoms with Crippen molar-refractivity contribution in [3.63, 3.8) is 0 Å². The van der Waals surface area contributed by atoms with Crippen molar-refractivity contribution in [3.05, 3.63) is 0 Å². The van der Waals surface area contributed by atoms with Crippen molar-refractivity contribution in [2.75, 3.05) is 39.8 Å². The van der Waals surface area contributed by atoms with Crippen molar-refractivity contribution in [1.29, 1.82) is 0 Å². The molecule has 1 rings (SSSR count). The van der Waals surface area contributed by atoms with E-state index in [9.17, 15) is 4.79 Å². The molecule has 1 aliphatic heterocycles. The van der Waals surface area contributed by atoms with Crippen molar-refractivity contribution in [2.24, 2.45) is 10.9 Å².